The Bertz CT molecular complexity index is 717. The van der Waals surface area contributed by atoms with Crippen molar-refractivity contribution in [2.45, 2.75) is 27.2 Å². The van der Waals surface area contributed by atoms with Gasteiger partial charge in [0.15, 0.2) is 0 Å². The topological polar surface area (TPSA) is 61.4 Å². The summed E-state index contributed by atoms with van der Waals surface area (Å²) in [4.78, 5) is 21.4. The van der Waals surface area contributed by atoms with Crippen LogP contribution >= 0.6 is 11.5 Å². The fraction of sp³-hybridized carbons (Fsp3) is 0.500. The van der Waals surface area contributed by atoms with Gasteiger partial charge in [0.25, 0.3) is 0 Å². The minimum Gasteiger partial charge on any atom is -0.344 e. The third-order valence-corrected chi connectivity index (χ3v) is 5.34. The second-order valence-corrected chi connectivity index (χ2v) is 7.16. The van der Waals surface area contributed by atoms with Gasteiger partial charge >= 0.3 is 0 Å². The normalized spacial score (nSPS) is 15.4. The van der Waals surface area contributed by atoms with Crippen LogP contribution in [0.2, 0.25) is 0 Å². The fourth-order valence-electron chi connectivity index (χ4n) is 3.01. The number of aromatic nitrogens is 2. The maximum Gasteiger partial charge on any atom is 0.238 e. The van der Waals surface area contributed by atoms with Crippen LogP contribution < -0.4 is 10.2 Å². The smallest absolute Gasteiger partial charge is 0.238 e. The molecule has 0 aliphatic carbocycles. The molecule has 1 amide bonds. The average molecular weight is 359 g/mol. The number of carbonyl (C=O) groups excluding carboxylic acids is 1. The van der Waals surface area contributed by atoms with E-state index in [1.165, 1.54) is 11.5 Å². The van der Waals surface area contributed by atoms with E-state index in [4.69, 9.17) is 0 Å². The van der Waals surface area contributed by atoms with Gasteiger partial charge in [0, 0.05) is 49.8 Å². The first-order valence-corrected chi connectivity index (χ1v) is 9.50. The van der Waals surface area contributed by atoms with E-state index in [9.17, 15) is 4.79 Å². The number of rotatable bonds is 5. The van der Waals surface area contributed by atoms with Crippen LogP contribution in [0.1, 0.15) is 23.9 Å². The number of nitrogens with zero attached hydrogens (tertiary/aromatic N) is 4. The third-order valence-electron chi connectivity index (χ3n) is 4.53. The molecule has 1 saturated heterocycles. The fourth-order valence-corrected chi connectivity index (χ4v) is 3.81. The van der Waals surface area contributed by atoms with Crippen molar-refractivity contribution in [3.63, 3.8) is 0 Å². The van der Waals surface area contributed by atoms with Crippen LogP contribution in [0.5, 0.6) is 0 Å². The van der Waals surface area contributed by atoms with Crippen molar-refractivity contribution in [1.82, 2.24) is 14.3 Å². The van der Waals surface area contributed by atoms with E-state index >= 15 is 0 Å². The molecule has 0 bridgehead atoms. The molecule has 1 aromatic heterocycles. The monoisotopic (exact) mass is 359 g/mol. The standard InChI is InChI=1S/C18H25N5OS/c1-4-15-19-18(25-21-15)23-10-8-22(9-11-23)12-16(24)20-17-13(2)6-5-7-14(17)3/h5-7H,4,8-12H2,1-3H3,(H,20,24). The van der Waals surface area contributed by atoms with Crippen LogP contribution in [-0.4, -0.2) is 52.9 Å². The Hall–Kier alpha value is -1.99. The predicted octanol–water partition coefficient (Wildman–Crippen LogP) is 2.48. The molecule has 0 unspecified atom stereocenters. The minimum atomic E-state index is 0.0510. The van der Waals surface area contributed by atoms with E-state index in [-0.39, 0.29) is 5.91 Å². The molecule has 1 fully saturated rings. The van der Waals surface area contributed by atoms with Crippen LogP contribution in [0.25, 0.3) is 0 Å². The van der Waals surface area contributed by atoms with Gasteiger partial charge in [0.2, 0.25) is 11.0 Å². The summed E-state index contributed by atoms with van der Waals surface area (Å²) in [7, 11) is 0. The third kappa shape index (κ3) is 4.35. The summed E-state index contributed by atoms with van der Waals surface area (Å²) in [5, 5.41) is 4.06. The Morgan fingerprint density at radius 1 is 1.20 bits per heavy atom. The number of aryl methyl sites for hydroxylation is 3. The summed E-state index contributed by atoms with van der Waals surface area (Å²) in [6.07, 6.45) is 0.870. The highest BCUT2D eigenvalue weighted by atomic mass is 32.1. The van der Waals surface area contributed by atoms with E-state index < -0.39 is 0 Å². The van der Waals surface area contributed by atoms with Crippen molar-refractivity contribution >= 4 is 28.3 Å². The van der Waals surface area contributed by atoms with Gasteiger partial charge in [0.1, 0.15) is 5.82 Å². The summed E-state index contributed by atoms with van der Waals surface area (Å²) in [6.45, 7) is 10.0. The van der Waals surface area contributed by atoms with Crippen LogP contribution in [0.3, 0.4) is 0 Å². The van der Waals surface area contributed by atoms with E-state index in [2.05, 4.69) is 31.4 Å². The van der Waals surface area contributed by atoms with Crippen molar-refractivity contribution in [3.05, 3.63) is 35.2 Å². The quantitative estimate of drug-likeness (QED) is 0.889. The molecule has 1 N–H and O–H groups in total. The molecule has 1 aromatic carbocycles. The van der Waals surface area contributed by atoms with E-state index in [1.807, 2.05) is 32.0 Å². The largest absolute Gasteiger partial charge is 0.344 e. The van der Waals surface area contributed by atoms with Crippen molar-refractivity contribution in [2.24, 2.45) is 0 Å². The Morgan fingerprint density at radius 2 is 1.88 bits per heavy atom. The van der Waals surface area contributed by atoms with Gasteiger partial charge in [-0.1, -0.05) is 25.1 Å². The van der Waals surface area contributed by atoms with Gasteiger partial charge in [0.05, 0.1) is 6.54 Å². The number of benzene rings is 1. The second kappa shape index (κ2) is 7.93. The lowest BCUT2D eigenvalue weighted by atomic mass is 10.1. The van der Waals surface area contributed by atoms with Crippen LogP contribution in [0.15, 0.2) is 18.2 Å². The number of nitrogens with one attached hydrogen (secondary N) is 1. The average Bonchev–Trinajstić information content (AvgIpc) is 3.08. The number of hydrogen-bond donors (Lipinski definition) is 1. The maximum atomic E-state index is 12.4. The highest BCUT2D eigenvalue weighted by Gasteiger charge is 2.21. The molecule has 1 aliphatic heterocycles. The van der Waals surface area contributed by atoms with Crippen LogP contribution in [0.4, 0.5) is 10.8 Å². The molecule has 134 valence electrons. The predicted molar refractivity (Wildman–Crippen MR) is 102 cm³/mol. The molecule has 0 saturated carbocycles. The molecule has 1 aliphatic rings. The van der Waals surface area contributed by atoms with E-state index in [0.29, 0.717) is 6.54 Å². The molecule has 0 radical (unpaired) electrons. The first kappa shape index (κ1) is 17.8. The summed E-state index contributed by atoms with van der Waals surface area (Å²) >= 11 is 1.47. The molecule has 25 heavy (non-hydrogen) atoms. The van der Waals surface area contributed by atoms with Gasteiger partial charge in [-0.25, -0.2) is 4.98 Å². The zero-order valence-electron chi connectivity index (χ0n) is 15.1. The van der Waals surface area contributed by atoms with E-state index in [1.54, 1.807) is 0 Å². The number of para-hydroxylation sites is 1. The van der Waals surface area contributed by atoms with E-state index in [0.717, 1.165) is 60.4 Å². The lowest BCUT2D eigenvalue weighted by Crippen LogP contribution is -2.48. The lowest BCUT2D eigenvalue weighted by molar-refractivity contribution is -0.117. The molecular weight excluding hydrogens is 334 g/mol. The molecule has 0 atom stereocenters. The van der Waals surface area contributed by atoms with Crippen LogP contribution in [-0.2, 0) is 11.2 Å². The highest BCUT2D eigenvalue weighted by molar-refractivity contribution is 7.09. The minimum absolute atomic E-state index is 0.0510. The zero-order valence-corrected chi connectivity index (χ0v) is 15.9. The molecule has 3 rings (SSSR count). The van der Waals surface area contributed by atoms with Crippen LogP contribution in [0, 0.1) is 13.8 Å². The Morgan fingerprint density at radius 3 is 2.48 bits per heavy atom. The highest BCUT2D eigenvalue weighted by Crippen LogP contribution is 2.21. The molecule has 2 heterocycles. The summed E-state index contributed by atoms with van der Waals surface area (Å²) in [5.74, 6) is 0.963. The second-order valence-electron chi connectivity index (χ2n) is 6.42. The Balaban J connectivity index is 1.51. The Labute approximate surface area is 153 Å². The van der Waals surface area contributed by atoms with Crippen molar-refractivity contribution in [1.29, 1.82) is 0 Å². The number of piperazine rings is 1. The van der Waals surface area contributed by atoms with Crippen molar-refractivity contribution in [3.8, 4) is 0 Å². The van der Waals surface area contributed by atoms with Gasteiger partial charge in [-0.15, -0.1) is 0 Å². The lowest BCUT2D eigenvalue weighted by Gasteiger charge is -2.33. The molecule has 7 heteroatoms. The zero-order chi connectivity index (χ0) is 17.8. The van der Waals surface area contributed by atoms with Crippen molar-refractivity contribution < 1.29 is 4.79 Å². The molecule has 0 spiro atoms. The number of hydrogen-bond acceptors (Lipinski definition) is 6. The van der Waals surface area contributed by atoms with Crippen molar-refractivity contribution in [2.75, 3.05) is 42.9 Å². The first-order valence-electron chi connectivity index (χ1n) is 8.72. The van der Waals surface area contributed by atoms with Gasteiger partial charge in [-0.3, -0.25) is 9.69 Å². The van der Waals surface area contributed by atoms with Gasteiger partial charge in [-0.2, -0.15) is 4.37 Å². The number of anilines is 2. The molecule has 6 nitrogen and oxygen atoms in total. The number of carbonyl (C=O) groups is 1. The van der Waals surface area contributed by atoms with Gasteiger partial charge < -0.3 is 10.2 Å². The molecule has 2 aromatic rings. The molecular formula is C18H25N5OS. The maximum absolute atomic E-state index is 12.4. The summed E-state index contributed by atoms with van der Waals surface area (Å²) < 4.78 is 4.35. The SMILES string of the molecule is CCc1nsc(N2CCN(CC(=O)Nc3c(C)cccc3C)CC2)n1. The summed E-state index contributed by atoms with van der Waals surface area (Å²) in [6, 6.07) is 6.05. The first-order chi connectivity index (χ1) is 12.1. The summed E-state index contributed by atoms with van der Waals surface area (Å²) in [5.41, 5.74) is 3.13. The van der Waals surface area contributed by atoms with Gasteiger partial charge in [-0.05, 0) is 25.0 Å². The Kier molecular flexibility index (Phi) is 5.65. The number of amides is 1.